The van der Waals surface area contributed by atoms with Gasteiger partial charge in [-0.05, 0) is 65.2 Å². The summed E-state index contributed by atoms with van der Waals surface area (Å²) < 4.78 is 78.5. The van der Waals surface area contributed by atoms with Gasteiger partial charge in [0, 0.05) is 45.8 Å². The normalized spacial score (nSPS) is 44.2. The summed E-state index contributed by atoms with van der Waals surface area (Å²) >= 11 is 7.52. The van der Waals surface area contributed by atoms with Crippen LogP contribution < -0.4 is 0 Å². The minimum Gasteiger partial charge on any atom is -0.461 e. The molecule has 5 rings (SSSR count). The van der Waals surface area contributed by atoms with Crippen LogP contribution in [-0.4, -0.2) is 135 Å². The molecular formula is C46H73ClO18. The Kier molecular flexibility index (Phi) is 17.2. The number of esters is 3. The highest BCUT2D eigenvalue weighted by atomic mass is 35.5. The van der Waals surface area contributed by atoms with E-state index < -0.39 is 138 Å². The fourth-order valence-corrected chi connectivity index (χ4v) is 11.1. The number of hydrogen-bond donors (Lipinski definition) is 0. The van der Waals surface area contributed by atoms with Gasteiger partial charge in [0.05, 0.1) is 36.8 Å². The fourth-order valence-electron chi connectivity index (χ4n) is 10.7. The molecule has 372 valence electrons. The first-order valence-electron chi connectivity index (χ1n) is 23.0. The van der Waals surface area contributed by atoms with Gasteiger partial charge in [-0.2, -0.15) is 0 Å². The van der Waals surface area contributed by atoms with Crippen molar-refractivity contribution in [3.63, 3.8) is 0 Å². The Hall–Kier alpha value is -3.00. The second-order valence-electron chi connectivity index (χ2n) is 20.0. The van der Waals surface area contributed by atoms with Gasteiger partial charge in [0.25, 0.3) is 0 Å². The quantitative estimate of drug-likeness (QED) is 0.111. The van der Waals surface area contributed by atoms with E-state index in [-0.39, 0.29) is 43.6 Å². The van der Waals surface area contributed by atoms with Crippen LogP contribution in [0.4, 0.5) is 9.59 Å². The van der Waals surface area contributed by atoms with E-state index in [1.807, 2.05) is 34.6 Å². The maximum Gasteiger partial charge on any atom is 0.510 e. The lowest BCUT2D eigenvalue weighted by Gasteiger charge is -2.46. The number of fused-ring (bicyclic) bond motifs is 2. The van der Waals surface area contributed by atoms with Crippen LogP contribution in [0.25, 0.3) is 0 Å². The van der Waals surface area contributed by atoms with Crippen LogP contribution in [0.5, 0.6) is 0 Å². The molecule has 20 atom stereocenters. The van der Waals surface area contributed by atoms with E-state index in [1.54, 1.807) is 48.5 Å². The highest BCUT2D eigenvalue weighted by molar-refractivity contribution is 6.25. The van der Waals surface area contributed by atoms with Crippen molar-refractivity contribution in [2.45, 2.75) is 199 Å². The molecule has 0 aromatic carbocycles. The molecule has 0 spiro atoms. The number of alkyl halides is 1. The molecule has 5 saturated heterocycles. The van der Waals surface area contributed by atoms with Gasteiger partial charge in [-0.25, -0.2) is 9.59 Å². The van der Waals surface area contributed by atoms with E-state index in [1.165, 1.54) is 21.1 Å². The molecule has 65 heavy (non-hydrogen) atoms. The van der Waals surface area contributed by atoms with Gasteiger partial charge in [0.1, 0.15) is 24.4 Å². The summed E-state index contributed by atoms with van der Waals surface area (Å²) in [5.74, 6) is -5.47. The maximum absolute atomic E-state index is 14.8. The minimum absolute atomic E-state index is 0.0584. The van der Waals surface area contributed by atoms with Gasteiger partial charge in [-0.1, -0.05) is 60.1 Å². The maximum atomic E-state index is 14.8. The number of methoxy groups -OCH3 is 2. The van der Waals surface area contributed by atoms with Crippen molar-refractivity contribution < 1.29 is 85.6 Å². The molecule has 0 aromatic rings. The van der Waals surface area contributed by atoms with Gasteiger partial charge in [0.15, 0.2) is 36.0 Å². The monoisotopic (exact) mass is 948 g/mol. The number of halogens is 1. The van der Waals surface area contributed by atoms with E-state index in [0.717, 1.165) is 0 Å². The average Bonchev–Trinajstić information content (AvgIpc) is 3.64. The first-order valence-corrected chi connectivity index (χ1v) is 23.4. The van der Waals surface area contributed by atoms with E-state index >= 15 is 0 Å². The predicted octanol–water partition coefficient (Wildman–Crippen LogP) is 6.86. The molecular weight excluding hydrogens is 876 g/mol. The Bertz CT molecular complexity index is 1700. The number of rotatable bonds is 12. The minimum atomic E-state index is -1.84. The van der Waals surface area contributed by atoms with Crippen LogP contribution >= 0.6 is 11.6 Å². The van der Waals surface area contributed by atoms with Crippen molar-refractivity contribution in [3.05, 3.63) is 0 Å². The highest BCUT2D eigenvalue weighted by Gasteiger charge is 2.66. The molecule has 1 unspecified atom stereocenters. The molecule has 5 fully saturated rings. The Morgan fingerprint density at radius 1 is 0.785 bits per heavy atom. The van der Waals surface area contributed by atoms with Gasteiger partial charge < -0.3 is 61.6 Å². The summed E-state index contributed by atoms with van der Waals surface area (Å²) in [5, 5.41) is -1.84. The number of cyclic esters (lactones) is 1. The molecule has 0 N–H and O–H groups in total. The Morgan fingerprint density at radius 2 is 1.45 bits per heavy atom. The lowest BCUT2D eigenvalue weighted by molar-refractivity contribution is -0.307. The van der Waals surface area contributed by atoms with Crippen LogP contribution in [-0.2, 0) is 76.0 Å². The molecule has 0 aliphatic carbocycles. The Balaban J connectivity index is 1.54. The zero-order valence-electron chi connectivity index (χ0n) is 40.7. The number of carbonyl (C=O) groups excluding carboxylic acids is 5. The predicted molar refractivity (Wildman–Crippen MR) is 229 cm³/mol. The van der Waals surface area contributed by atoms with Crippen LogP contribution in [0.3, 0.4) is 0 Å². The van der Waals surface area contributed by atoms with Crippen molar-refractivity contribution in [1.29, 1.82) is 0 Å². The Labute approximate surface area is 388 Å². The summed E-state index contributed by atoms with van der Waals surface area (Å²) in [6, 6.07) is 0. The van der Waals surface area contributed by atoms with E-state index in [9.17, 15) is 24.0 Å². The van der Waals surface area contributed by atoms with Crippen molar-refractivity contribution in [3.8, 4) is 0 Å². The first-order chi connectivity index (χ1) is 30.3. The molecule has 0 saturated carbocycles. The summed E-state index contributed by atoms with van der Waals surface area (Å²) in [5.41, 5.74) is -2.45. The SMILES string of the molecule is CO[C@H]1[C@@H](OC)[C@H](OC[C@H](C)[C@H]2OC(=O)[C@H](C)[C@@H](O[C@H]3C[C@@]4(C)OC(=O)O[C@H]4[C@H](C)O3)[C@H](C)C[C@@H](C)C[C@]3(C)OC(=O)OC3(Cl)[C@H](C)[C@H](OC(=O)CC(C)C)[C@H]2C)O[C@H](C)[C@H]1OC(C)=O. The standard InChI is InChI=1S/C46H73ClO18/c1-21(2)16-31(49)59-35-25(6)34(24(5)20-55-41-38(54-15)37(53-14)36(28(9)57-41)58-30(11)48)61-40(50)26(7)33(60-32-19-44(12)39(29(10)56-32)62-42(51)63-44)23(4)17-22(3)18-45(13)46(47,27(35)8)65-43(52)64-45/h21-29,32-39,41H,16-20H2,1-15H3/t22-,23-,24+,25+,26-,27-,28-,29+,32+,33+,34-,35-,36-,37-,38-,39+,41-,44-,45+,46?/m1/s1. The van der Waals surface area contributed by atoms with E-state index in [0.29, 0.717) is 6.42 Å². The highest BCUT2D eigenvalue weighted by Crippen LogP contribution is 2.52. The van der Waals surface area contributed by atoms with Gasteiger partial charge in [-0.15, -0.1) is 0 Å². The second-order valence-corrected chi connectivity index (χ2v) is 20.6. The van der Waals surface area contributed by atoms with Gasteiger partial charge in [-0.3, -0.25) is 14.4 Å². The van der Waals surface area contributed by atoms with Crippen LogP contribution in [0.1, 0.15) is 116 Å². The third kappa shape index (κ3) is 11.5. The molecule has 5 heterocycles. The largest absolute Gasteiger partial charge is 0.510 e. The van der Waals surface area contributed by atoms with E-state index in [4.69, 9.17) is 73.2 Å². The van der Waals surface area contributed by atoms with Crippen molar-refractivity contribution in [2.24, 2.45) is 41.4 Å². The molecule has 0 bridgehead atoms. The number of hydrogen-bond acceptors (Lipinski definition) is 18. The summed E-state index contributed by atoms with van der Waals surface area (Å²) in [4.78, 5) is 66.0. The number of ether oxygens (including phenoxy) is 13. The molecule has 0 radical (unpaired) electrons. The molecule has 5 aliphatic rings. The molecule has 18 nitrogen and oxygen atoms in total. The zero-order valence-corrected chi connectivity index (χ0v) is 41.4. The smallest absolute Gasteiger partial charge is 0.461 e. The lowest BCUT2D eigenvalue weighted by Crippen LogP contribution is -2.60. The molecule has 19 heteroatoms. The zero-order chi connectivity index (χ0) is 48.5. The molecule has 5 aliphatic heterocycles. The molecule has 0 aromatic heterocycles. The van der Waals surface area contributed by atoms with Crippen LogP contribution in [0.15, 0.2) is 0 Å². The van der Waals surface area contributed by atoms with Gasteiger partial charge in [0.2, 0.25) is 5.06 Å². The van der Waals surface area contributed by atoms with E-state index in [2.05, 4.69) is 0 Å². The Morgan fingerprint density at radius 3 is 2.06 bits per heavy atom. The van der Waals surface area contributed by atoms with Crippen LogP contribution in [0.2, 0.25) is 0 Å². The summed E-state index contributed by atoms with van der Waals surface area (Å²) in [7, 11) is 2.93. The van der Waals surface area contributed by atoms with Crippen molar-refractivity contribution in [1.82, 2.24) is 0 Å². The fraction of sp³-hybridized carbons (Fsp3) is 0.891. The lowest BCUT2D eigenvalue weighted by atomic mass is 9.74. The third-order valence-corrected chi connectivity index (χ3v) is 14.7. The third-order valence-electron chi connectivity index (χ3n) is 13.9. The first kappa shape index (κ1) is 53.0. The molecule has 0 amide bonds. The van der Waals surface area contributed by atoms with Gasteiger partial charge >= 0.3 is 30.2 Å². The summed E-state index contributed by atoms with van der Waals surface area (Å²) in [6.07, 6.45) is -9.98. The van der Waals surface area contributed by atoms with Crippen LogP contribution in [0, 0.1) is 41.4 Å². The average molecular weight is 950 g/mol. The number of carbonyl (C=O) groups is 5. The van der Waals surface area contributed by atoms with Crippen molar-refractivity contribution in [2.75, 3.05) is 20.8 Å². The second kappa shape index (κ2) is 21.1. The summed E-state index contributed by atoms with van der Waals surface area (Å²) in [6.45, 7) is 23.0. The van der Waals surface area contributed by atoms with Crippen molar-refractivity contribution >= 4 is 41.8 Å². The topological polar surface area (TPSA) is 205 Å².